The lowest BCUT2D eigenvalue weighted by Gasteiger charge is -2.19. The number of hydrogen-bond acceptors (Lipinski definition) is 3. The lowest BCUT2D eigenvalue weighted by atomic mass is 10.1. The van der Waals surface area contributed by atoms with Crippen molar-refractivity contribution in [3.63, 3.8) is 0 Å². The second kappa shape index (κ2) is 7.91. The van der Waals surface area contributed by atoms with Crippen LogP contribution in [0.2, 0.25) is 0 Å². The summed E-state index contributed by atoms with van der Waals surface area (Å²) in [6, 6.07) is 17.2. The number of anilines is 1. The minimum absolute atomic E-state index is 0.0704. The van der Waals surface area contributed by atoms with Gasteiger partial charge < -0.3 is 10.2 Å². The van der Waals surface area contributed by atoms with Crippen molar-refractivity contribution in [2.45, 2.75) is 33.2 Å². The maximum atomic E-state index is 12.9. The third-order valence-corrected chi connectivity index (χ3v) is 5.38. The summed E-state index contributed by atoms with van der Waals surface area (Å²) in [6.45, 7) is 4.99. The largest absolute Gasteiger partial charge is 0.348 e. The summed E-state index contributed by atoms with van der Waals surface area (Å²) in [5, 5.41) is 7.64. The quantitative estimate of drug-likeness (QED) is 0.727. The predicted molar refractivity (Wildman–Crippen MR) is 112 cm³/mol. The average molecular weight is 388 g/mol. The van der Waals surface area contributed by atoms with Crippen molar-refractivity contribution in [3.8, 4) is 5.69 Å². The number of aryl methyl sites for hydroxylation is 1. The van der Waals surface area contributed by atoms with E-state index in [-0.39, 0.29) is 11.8 Å². The Hall–Kier alpha value is -3.41. The van der Waals surface area contributed by atoms with E-state index in [0.29, 0.717) is 30.8 Å². The molecule has 1 saturated heterocycles. The van der Waals surface area contributed by atoms with Crippen LogP contribution in [0.5, 0.6) is 0 Å². The Morgan fingerprint density at radius 3 is 2.52 bits per heavy atom. The summed E-state index contributed by atoms with van der Waals surface area (Å²) in [7, 11) is 0. The first-order valence-corrected chi connectivity index (χ1v) is 9.84. The third-order valence-electron chi connectivity index (χ3n) is 5.38. The zero-order valence-corrected chi connectivity index (χ0v) is 16.7. The van der Waals surface area contributed by atoms with Crippen LogP contribution >= 0.6 is 0 Å². The van der Waals surface area contributed by atoms with Gasteiger partial charge in [0.05, 0.1) is 22.6 Å². The molecule has 1 N–H and O–H groups in total. The molecule has 4 rings (SSSR count). The highest BCUT2D eigenvalue weighted by atomic mass is 16.2. The molecule has 0 atom stereocenters. The molecule has 29 heavy (non-hydrogen) atoms. The topological polar surface area (TPSA) is 67.2 Å². The van der Waals surface area contributed by atoms with E-state index in [1.54, 1.807) is 11.0 Å². The van der Waals surface area contributed by atoms with Crippen LogP contribution in [0.25, 0.3) is 5.69 Å². The van der Waals surface area contributed by atoms with Gasteiger partial charge in [-0.1, -0.05) is 30.3 Å². The first-order chi connectivity index (χ1) is 14.1. The molecule has 3 aromatic rings. The lowest BCUT2D eigenvalue weighted by molar-refractivity contribution is -0.117. The number of nitrogens with one attached hydrogen (secondary N) is 1. The van der Waals surface area contributed by atoms with Crippen LogP contribution in [0.15, 0.2) is 54.6 Å². The first kappa shape index (κ1) is 18.9. The summed E-state index contributed by atoms with van der Waals surface area (Å²) in [5.74, 6) is -0.118. The van der Waals surface area contributed by atoms with Crippen LogP contribution < -0.4 is 10.2 Å². The molecule has 1 aliphatic heterocycles. The van der Waals surface area contributed by atoms with Crippen molar-refractivity contribution in [1.29, 1.82) is 0 Å². The highest BCUT2D eigenvalue weighted by Crippen LogP contribution is 2.25. The fourth-order valence-electron chi connectivity index (χ4n) is 3.82. The standard InChI is InChI=1S/C23H24N4O2/c1-16-20(17(2)27(25-16)18-9-4-3-5-10-18)15-24-23(29)19-11-6-7-12-21(19)26-14-8-13-22(26)28/h3-7,9-12H,8,13-15H2,1-2H3,(H,24,29). The molecule has 0 bridgehead atoms. The van der Waals surface area contributed by atoms with Gasteiger partial charge in [0.25, 0.3) is 5.91 Å². The molecule has 1 aliphatic rings. The molecular formula is C23H24N4O2. The van der Waals surface area contributed by atoms with Crippen LogP contribution in [-0.4, -0.2) is 28.1 Å². The van der Waals surface area contributed by atoms with Gasteiger partial charge in [0.2, 0.25) is 5.91 Å². The summed E-state index contributed by atoms with van der Waals surface area (Å²) in [6.07, 6.45) is 1.36. The van der Waals surface area contributed by atoms with Crippen LogP contribution in [0.1, 0.15) is 40.2 Å². The van der Waals surface area contributed by atoms with Crippen molar-refractivity contribution in [1.82, 2.24) is 15.1 Å². The maximum absolute atomic E-state index is 12.9. The van der Waals surface area contributed by atoms with Gasteiger partial charge in [-0.3, -0.25) is 9.59 Å². The van der Waals surface area contributed by atoms with Crippen molar-refractivity contribution in [2.75, 3.05) is 11.4 Å². The molecule has 1 aromatic heterocycles. The molecule has 0 unspecified atom stereocenters. The fourth-order valence-corrected chi connectivity index (χ4v) is 3.82. The minimum Gasteiger partial charge on any atom is -0.348 e. The zero-order chi connectivity index (χ0) is 20.4. The van der Waals surface area contributed by atoms with Crippen LogP contribution in [0.3, 0.4) is 0 Å². The monoisotopic (exact) mass is 388 g/mol. The molecule has 0 saturated carbocycles. The predicted octanol–water partition coefficient (Wildman–Crippen LogP) is 3.55. The highest BCUT2D eigenvalue weighted by Gasteiger charge is 2.25. The van der Waals surface area contributed by atoms with Gasteiger partial charge in [-0.05, 0) is 44.5 Å². The Balaban J connectivity index is 1.54. The van der Waals surface area contributed by atoms with Gasteiger partial charge in [0, 0.05) is 30.8 Å². The maximum Gasteiger partial charge on any atom is 0.253 e. The molecular weight excluding hydrogens is 364 g/mol. The molecule has 2 amide bonds. The van der Waals surface area contributed by atoms with Gasteiger partial charge in [-0.2, -0.15) is 5.10 Å². The smallest absolute Gasteiger partial charge is 0.253 e. The number of aromatic nitrogens is 2. The SMILES string of the molecule is Cc1nn(-c2ccccc2)c(C)c1CNC(=O)c1ccccc1N1CCCC1=O. The van der Waals surface area contributed by atoms with Gasteiger partial charge in [-0.25, -0.2) is 4.68 Å². The minimum atomic E-state index is -0.188. The Morgan fingerprint density at radius 1 is 1.07 bits per heavy atom. The number of carbonyl (C=O) groups is 2. The van der Waals surface area contributed by atoms with Crippen LogP contribution in [-0.2, 0) is 11.3 Å². The second-order valence-electron chi connectivity index (χ2n) is 7.25. The summed E-state index contributed by atoms with van der Waals surface area (Å²) >= 11 is 0. The van der Waals surface area contributed by atoms with E-state index in [9.17, 15) is 9.59 Å². The lowest BCUT2D eigenvalue weighted by Crippen LogP contribution is -2.29. The number of rotatable bonds is 5. The van der Waals surface area contributed by atoms with Gasteiger partial charge in [0.1, 0.15) is 0 Å². The number of nitrogens with zero attached hydrogens (tertiary/aromatic N) is 3. The Morgan fingerprint density at radius 2 is 1.79 bits per heavy atom. The first-order valence-electron chi connectivity index (χ1n) is 9.84. The van der Waals surface area contributed by atoms with Gasteiger partial charge >= 0.3 is 0 Å². The molecule has 148 valence electrons. The summed E-state index contributed by atoms with van der Waals surface area (Å²) in [5.41, 5.74) is 5.07. The number of carbonyl (C=O) groups excluding carboxylic acids is 2. The Bertz CT molecular complexity index is 1060. The Kier molecular flexibility index (Phi) is 5.16. The molecule has 2 aromatic carbocycles. The van der Waals surface area contributed by atoms with E-state index in [1.165, 1.54) is 0 Å². The van der Waals surface area contributed by atoms with E-state index in [1.807, 2.05) is 67.1 Å². The third kappa shape index (κ3) is 3.66. The van der Waals surface area contributed by atoms with Crippen LogP contribution in [0, 0.1) is 13.8 Å². The summed E-state index contributed by atoms with van der Waals surface area (Å²) in [4.78, 5) is 26.8. The molecule has 0 spiro atoms. The van der Waals surface area contributed by atoms with Gasteiger partial charge in [-0.15, -0.1) is 0 Å². The zero-order valence-electron chi connectivity index (χ0n) is 16.7. The normalized spacial score (nSPS) is 13.7. The van der Waals surface area contributed by atoms with E-state index in [2.05, 4.69) is 10.4 Å². The summed E-state index contributed by atoms with van der Waals surface area (Å²) < 4.78 is 1.90. The van der Waals surface area contributed by atoms with Crippen molar-refractivity contribution in [2.24, 2.45) is 0 Å². The average Bonchev–Trinajstić information content (AvgIpc) is 3.29. The number of hydrogen-bond donors (Lipinski definition) is 1. The number of benzene rings is 2. The molecule has 6 nitrogen and oxygen atoms in total. The molecule has 0 aliphatic carbocycles. The van der Waals surface area contributed by atoms with Gasteiger partial charge in [0.15, 0.2) is 0 Å². The molecule has 1 fully saturated rings. The molecule has 2 heterocycles. The number of amides is 2. The fraction of sp³-hybridized carbons (Fsp3) is 0.261. The molecule has 0 radical (unpaired) electrons. The van der Waals surface area contributed by atoms with Crippen molar-refractivity contribution >= 4 is 17.5 Å². The van der Waals surface area contributed by atoms with Crippen LogP contribution in [0.4, 0.5) is 5.69 Å². The van der Waals surface area contributed by atoms with E-state index in [0.717, 1.165) is 29.1 Å². The molecule has 6 heteroatoms. The second-order valence-corrected chi connectivity index (χ2v) is 7.25. The highest BCUT2D eigenvalue weighted by molar-refractivity contribution is 6.05. The number of para-hydroxylation sites is 2. The van der Waals surface area contributed by atoms with E-state index in [4.69, 9.17) is 0 Å². The van der Waals surface area contributed by atoms with E-state index < -0.39 is 0 Å². The van der Waals surface area contributed by atoms with Crippen molar-refractivity contribution < 1.29 is 9.59 Å². The van der Waals surface area contributed by atoms with E-state index >= 15 is 0 Å². The Labute approximate surface area is 170 Å². The van der Waals surface area contributed by atoms with Crippen molar-refractivity contribution in [3.05, 3.63) is 77.1 Å².